The monoisotopic (exact) mass is 240 g/mol. The third kappa shape index (κ3) is 2.73. The van der Waals surface area contributed by atoms with E-state index in [-0.39, 0.29) is 17.1 Å². The fourth-order valence-electron chi connectivity index (χ4n) is 1.38. The largest absolute Gasteiger partial charge is 1.00 e. The van der Waals surface area contributed by atoms with E-state index >= 15 is 0 Å². The van der Waals surface area contributed by atoms with Crippen LogP contribution in [0.15, 0.2) is 54.6 Å². The van der Waals surface area contributed by atoms with Crippen molar-refractivity contribution in [3.8, 4) is 17.0 Å². The summed E-state index contributed by atoms with van der Waals surface area (Å²) in [4.78, 5) is 0. The van der Waals surface area contributed by atoms with Crippen LogP contribution >= 0.6 is 0 Å². The van der Waals surface area contributed by atoms with E-state index in [0.717, 1.165) is 5.56 Å². The Kier molecular flexibility index (Phi) is 4.18. The van der Waals surface area contributed by atoms with Gasteiger partial charge in [0.1, 0.15) is 0 Å². The molecule has 0 aromatic heterocycles. The van der Waals surface area contributed by atoms with Crippen molar-refractivity contribution in [2.24, 2.45) is 0 Å². The molecule has 0 heterocycles. The van der Waals surface area contributed by atoms with Crippen LogP contribution in [0.4, 0.5) is 0 Å². The molecule has 0 saturated heterocycles. The number of benzene rings is 2. The minimum Gasteiger partial charge on any atom is -0.366 e. The summed E-state index contributed by atoms with van der Waals surface area (Å²) in [7, 11) is 0. The van der Waals surface area contributed by atoms with E-state index in [2.05, 4.69) is 18.1 Å². The van der Waals surface area contributed by atoms with Gasteiger partial charge >= 0.3 is 17.1 Å². The summed E-state index contributed by atoms with van der Waals surface area (Å²) in [5.74, 6) is 2.36. The third-order valence-electron chi connectivity index (χ3n) is 2.14. The smallest absolute Gasteiger partial charge is 0.366 e. The minimum atomic E-state index is 0. The van der Waals surface area contributed by atoms with Crippen LogP contribution in [0, 0.1) is 12.3 Å². The first-order chi connectivity index (χ1) is 6.90. The van der Waals surface area contributed by atoms with Gasteiger partial charge < -0.3 is 6.42 Å². The van der Waals surface area contributed by atoms with Gasteiger partial charge in [-0.2, -0.15) is 0 Å². The van der Waals surface area contributed by atoms with Crippen molar-refractivity contribution in [2.45, 2.75) is 0 Å². The maximum Gasteiger partial charge on any atom is 1.00 e. The maximum absolute atomic E-state index is 6.97. The Morgan fingerprint density at radius 2 is 1.27 bits per heavy atom. The SMILES string of the molecule is [C-]#Cc1ccc(-c2ccccc2)cc1.[Cu+]. The molecule has 0 bridgehead atoms. The molecule has 1 heteroatoms. The predicted molar refractivity (Wildman–Crippen MR) is 58.1 cm³/mol. The van der Waals surface area contributed by atoms with Crippen LogP contribution in [0.1, 0.15) is 5.56 Å². The van der Waals surface area contributed by atoms with Gasteiger partial charge in [-0.3, -0.25) is 5.92 Å². The summed E-state index contributed by atoms with van der Waals surface area (Å²) in [5, 5.41) is 0. The Bertz CT molecular complexity index is 449. The van der Waals surface area contributed by atoms with Gasteiger partial charge in [0.15, 0.2) is 0 Å². The molecular formula is C14H9Cu. The Labute approximate surface area is 101 Å². The van der Waals surface area contributed by atoms with E-state index in [1.807, 2.05) is 42.5 Å². The molecule has 0 aliphatic rings. The Morgan fingerprint density at radius 3 is 1.80 bits per heavy atom. The number of hydrogen-bond donors (Lipinski definition) is 0. The molecule has 2 aromatic carbocycles. The standard InChI is InChI=1S/C14H9.Cu/c1-2-12-8-10-14(11-9-12)13-6-4-3-5-7-13;/h3-11H;/q-1;+1. The van der Waals surface area contributed by atoms with Gasteiger partial charge in [0.25, 0.3) is 0 Å². The van der Waals surface area contributed by atoms with Crippen molar-refractivity contribution in [2.75, 3.05) is 0 Å². The quantitative estimate of drug-likeness (QED) is 0.408. The maximum atomic E-state index is 6.97. The summed E-state index contributed by atoms with van der Waals surface area (Å²) >= 11 is 0. The van der Waals surface area contributed by atoms with Gasteiger partial charge in [0.2, 0.25) is 0 Å². The van der Waals surface area contributed by atoms with Crippen LogP contribution < -0.4 is 0 Å². The molecule has 0 N–H and O–H groups in total. The minimum absolute atomic E-state index is 0. The Hall–Kier alpha value is -1.48. The molecular weight excluding hydrogens is 232 g/mol. The van der Waals surface area contributed by atoms with Gasteiger partial charge in [0.05, 0.1) is 0 Å². The van der Waals surface area contributed by atoms with E-state index in [1.165, 1.54) is 11.1 Å². The van der Waals surface area contributed by atoms with Gasteiger partial charge in [-0.1, -0.05) is 42.5 Å². The fourth-order valence-corrected chi connectivity index (χ4v) is 1.38. The topological polar surface area (TPSA) is 0 Å². The van der Waals surface area contributed by atoms with E-state index in [1.54, 1.807) is 0 Å². The number of hydrogen-bond acceptors (Lipinski definition) is 0. The van der Waals surface area contributed by atoms with Crippen molar-refractivity contribution >= 4 is 0 Å². The summed E-state index contributed by atoms with van der Waals surface area (Å²) in [6.45, 7) is 0. The van der Waals surface area contributed by atoms with Gasteiger partial charge in [-0.05, 0) is 11.1 Å². The summed E-state index contributed by atoms with van der Waals surface area (Å²) < 4.78 is 0. The molecule has 0 radical (unpaired) electrons. The van der Waals surface area contributed by atoms with Crippen molar-refractivity contribution < 1.29 is 17.1 Å². The molecule has 76 valence electrons. The summed E-state index contributed by atoms with van der Waals surface area (Å²) in [6, 6.07) is 18.0. The third-order valence-corrected chi connectivity index (χ3v) is 2.14. The first-order valence-corrected chi connectivity index (χ1v) is 4.48. The Morgan fingerprint density at radius 1 is 0.733 bits per heavy atom. The first kappa shape index (κ1) is 11.6. The molecule has 0 spiro atoms. The van der Waals surface area contributed by atoms with Crippen LogP contribution in [-0.2, 0) is 17.1 Å². The van der Waals surface area contributed by atoms with Gasteiger partial charge in [0, 0.05) is 0 Å². The van der Waals surface area contributed by atoms with Crippen molar-refractivity contribution in [3.63, 3.8) is 0 Å². The molecule has 15 heavy (non-hydrogen) atoms. The van der Waals surface area contributed by atoms with E-state index in [4.69, 9.17) is 6.42 Å². The molecule has 0 saturated carbocycles. The molecule has 0 unspecified atom stereocenters. The second-order valence-electron chi connectivity index (χ2n) is 3.07. The molecule has 0 atom stereocenters. The van der Waals surface area contributed by atoms with E-state index < -0.39 is 0 Å². The first-order valence-electron chi connectivity index (χ1n) is 4.48. The van der Waals surface area contributed by atoms with E-state index in [9.17, 15) is 0 Å². The molecule has 2 aromatic rings. The van der Waals surface area contributed by atoms with Crippen molar-refractivity contribution in [1.29, 1.82) is 0 Å². The molecule has 2 rings (SSSR count). The van der Waals surface area contributed by atoms with Gasteiger partial charge in [-0.15, -0.1) is 17.7 Å². The average molecular weight is 241 g/mol. The zero-order valence-corrected chi connectivity index (χ0v) is 8.94. The molecule has 0 nitrogen and oxygen atoms in total. The average Bonchev–Trinajstić information content (AvgIpc) is 2.30. The van der Waals surface area contributed by atoms with Crippen molar-refractivity contribution in [3.05, 3.63) is 66.6 Å². The van der Waals surface area contributed by atoms with Crippen LogP contribution in [0.3, 0.4) is 0 Å². The van der Waals surface area contributed by atoms with Gasteiger partial charge in [-0.25, -0.2) is 0 Å². The predicted octanol–water partition coefficient (Wildman–Crippen LogP) is 3.29. The van der Waals surface area contributed by atoms with E-state index in [0.29, 0.717) is 0 Å². The second-order valence-corrected chi connectivity index (χ2v) is 3.07. The second kappa shape index (κ2) is 5.41. The fraction of sp³-hybridized carbons (Fsp3) is 0. The zero-order valence-electron chi connectivity index (χ0n) is 8.00. The normalized spacial score (nSPS) is 8.73. The van der Waals surface area contributed by atoms with Crippen molar-refractivity contribution in [1.82, 2.24) is 0 Å². The molecule has 0 aliphatic heterocycles. The zero-order chi connectivity index (χ0) is 9.80. The summed E-state index contributed by atoms with van der Waals surface area (Å²) in [6.07, 6.45) is 6.97. The molecule has 0 aliphatic carbocycles. The van der Waals surface area contributed by atoms with Crippen LogP contribution in [0.2, 0.25) is 0 Å². The molecule has 0 fully saturated rings. The van der Waals surface area contributed by atoms with Crippen LogP contribution in [-0.4, -0.2) is 0 Å². The van der Waals surface area contributed by atoms with Crippen LogP contribution in [0.5, 0.6) is 0 Å². The van der Waals surface area contributed by atoms with Crippen LogP contribution in [0.25, 0.3) is 11.1 Å². The Balaban J connectivity index is 0.00000112. The number of rotatable bonds is 1. The molecule has 0 amide bonds. The summed E-state index contributed by atoms with van der Waals surface area (Å²) in [5.41, 5.74) is 3.18.